The molecule has 3 rings (SSSR count). The van der Waals surface area contributed by atoms with Gasteiger partial charge in [0, 0.05) is 44.2 Å². The third kappa shape index (κ3) is 5.77. The van der Waals surface area contributed by atoms with Crippen molar-refractivity contribution in [1.82, 2.24) is 4.31 Å². The van der Waals surface area contributed by atoms with E-state index in [4.69, 9.17) is 0 Å². The zero-order valence-electron chi connectivity index (χ0n) is 18.6. The Hall–Kier alpha value is -2.58. The Morgan fingerprint density at radius 3 is 2.32 bits per heavy atom. The number of nitrogens with zero attached hydrogens (tertiary/aromatic N) is 2. The first kappa shape index (κ1) is 23.1. The van der Waals surface area contributed by atoms with Gasteiger partial charge < -0.3 is 15.5 Å². The predicted molar refractivity (Wildman–Crippen MR) is 126 cm³/mol. The molecule has 8 heteroatoms. The first-order valence-corrected chi connectivity index (χ1v) is 12.1. The Bertz CT molecular complexity index is 998. The summed E-state index contributed by atoms with van der Waals surface area (Å²) in [6.07, 6.45) is 2.43. The lowest BCUT2D eigenvalue weighted by Crippen LogP contribution is -2.33. The van der Waals surface area contributed by atoms with Crippen LogP contribution in [-0.4, -0.2) is 51.9 Å². The fourth-order valence-corrected chi connectivity index (χ4v) is 4.49. The minimum atomic E-state index is -3.56. The molecule has 168 valence electrons. The average Bonchev–Trinajstić information content (AvgIpc) is 2.75. The predicted octanol–water partition coefficient (Wildman–Crippen LogP) is 3.61. The Morgan fingerprint density at radius 1 is 1.06 bits per heavy atom. The molecule has 1 atom stereocenters. The summed E-state index contributed by atoms with van der Waals surface area (Å²) >= 11 is 0. The van der Waals surface area contributed by atoms with Crippen LogP contribution in [0.4, 0.5) is 17.1 Å². The van der Waals surface area contributed by atoms with Gasteiger partial charge in [-0.05, 0) is 68.1 Å². The number of benzene rings is 2. The molecule has 1 heterocycles. The quantitative estimate of drug-likeness (QED) is 0.682. The lowest BCUT2D eigenvalue weighted by Gasteiger charge is -2.32. The number of nitrogens with one attached hydrogen (secondary N) is 2. The van der Waals surface area contributed by atoms with E-state index in [9.17, 15) is 13.2 Å². The van der Waals surface area contributed by atoms with E-state index in [0.29, 0.717) is 5.69 Å². The lowest BCUT2D eigenvalue weighted by molar-refractivity contribution is -0.116. The summed E-state index contributed by atoms with van der Waals surface area (Å²) in [5.74, 6) is 0.550. The van der Waals surface area contributed by atoms with Crippen molar-refractivity contribution in [2.45, 2.75) is 37.6 Å². The summed E-state index contributed by atoms with van der Waals surface area (Å²) in [6.45, 7) is 6.23. The zero-order chi connectivity index (χ0) is 22.6. The Morgan fingerprint density at radius 2 is 1.71 bits per heavy atom. The minimum Gasteiger partial charge on any atom is -0.374 e. The molecule has 1 saturated heterocycles. The molecule has 2 N–H and O–H groups in total. The van der Waals surface area contributed by atoms with Crippen LogP contribution in [0.2, 0.25) is 0 Å². The highest BCUT2D eigenvalue weighted by Gasteiger charge is 2.19. The van der Waals surface area contributed by atoms with Crippen molar-refractivity contribution >= 4 is 33.0 Å². The van der Waals surface area contributed by atoms with Crippen LogP contribution in [0.15, 0.2) is 53.4 Å². The highest BCUT2D eigenvalue weighted by atomic mass is 32.2. The standard InChI is InChI=1S/C23H32N4O3S/c1-17-12-14-27(15-13-17)21-10-8-19(9-11-21)24-18(2)23(28)25-20-6-5-7-22(16-20)31(29,30)26(3)4/h5-11,16-18,24H,12-15H2,1-4H3,(H,25,28). The number of hydrogen-bond acceptors (Lipinski definition) is 5. The van der Waals surface area contributed by atoms with Crippen LogP contribution in [0.5, 0.6) is 0 Å². The van der Waals surface area contributed by atoms with E-state index in [1.807, 2.05) is 12.1 Å². The van der Waals surface area contributed by atoms with Gasteiger partial charge in [0.15, 0.2) is 0 Å². The van der Waals surface area contributed by atoms with Crippen LogP contribution in [0.3, 0.4) is 0 Å². The molecule has 1 aliphatic heterocycles. The van der Waals surface area contributed by atoms with Crippen molar-refractivity contribution < 1.29 is 13.2 Å². The first-order valence-electron chi connectivity index (χ1n) is 10.6. The summed E-state index contributed by atoms with van der Waals surface area (Å²) in [5, 5.41) is 5.99. The van der Waals surface area contributed by atoms with Gasteiger partial charge in [-0.2, -0.15) is 0 Å². The molecular weight excluding hydrogens is 412 g/mol. The van der Waals surface area contributed by atoms with Crippen molar-refractivity contribution in [3.63, 3.8) is 0 Å². The highest BCUT2D eigenvalue weighted by molar-refractivity contribution is 7.89. The Labute approximate surface area is 185 Å². The van der Waals surface area contributed by atoms with Crippen LogP contribution in [0, 0.1) is 5.92 Å². The second-order valence-electron chi connectivity index (χ2n) is 8.39. The van der Waals surface area contributed by atoms with E-state index in [0.717, 1.165) is 29.0 Å². The van der Waals surface area contributed by atoms with Gasteiger partial charge in [-0.15, -0.1) is 0 Å². The number of hydrogen-bond donors (Lipinski definition) is 2. The van der Waals surface area contributed by atoms with Gasteiger partial charge in [-0.1, -0.05) is 13.0 Å². The van der Waals surface area contributed by atoms with Crippen molar-refractivity contribution in [3.05, 3.63) is 48.5 Å². The molecule has 0 saturated carbocycles. The molecule has 1 fully saturated rings. The SMILES string of the molecule is CC1CCN(c2ccc(NC(C)C(=O)Nc3cccc(S(=O)(=O)N(C)C)c3)cc2)CC1. The normalized spacial score (nSPS) is 16.2. The van der Waals surface area contributed by atoms with Gasteiger partial charge in [0.25, 0.3) is 0 Å². The van der Waals surface area contributed by atoms with Gasteiger partial charge in [0.1, 0.15) is 6.04 Å². The van der Waals surface area contributed by atoms with Crippen LogP contribution < -0.4 is 15.5 Å². The fourth-order valence-electron chi connectivity index (χ4n) is 3.55. The van der Waals surface area contributed by atoms with E-state index >= 15 is 0 Å². The van der Waals surface area contributed by atoms with Crippen LogP contribution >= 0.6 is 0 Å². The largest absolute Gasteiger partial charge is 0.374 e. The molecule has 1 unspecified atom stereocenters. The molecule has 1 aliphatic rings. The Balaban J connectivity index is 1.60. The molecule has 2 aromatic rings. The number of sulfonamides is 1. The lowest BCUT2D eigenvalue weighted by atomic mass is 9.99. The number of anilines is 3. The van der Waals surface area contributed by atoms with Crippen molar-refractivity contribution in [2.24, 2.45) is 5.92 Å². The number of piperidine rings is 1. The van der Waals surface area contributed by atoms with Gasteiger partial charge in [0.2, 0.25) is 15.9 Å². The summed E-state index contributed by atoms with van der Waals surface area (Å²) in [7, 11) is -0.606. The fraction of sp³-hybridized carbons (Fsp3) is 0.435. The van der Waals surface area contributed by atoms with Crippen molar-refractivity contribution in [1.29, 1.82) is 0 Å². The third-order valence-electron chi connectivity index (χ3n) is 5.67. The van der Waals surface area contributed by atoms with E-state index in [1.54, 1.807) is 19.1 Å². The van der Waals surface area contributed by atoms with E-state index in [-0.39, 0.29) is 10.8 Å². The molecule has 0 radical (unpaired) electrons. The van der Waals surface area contributed by atoms with Crippen LogP contribution in [-0.2, 0) is 14.8 Å². The second-order valence-corrected chi connectivity index (χ2v) is 10.5. The van der Waals surface area contributed by atoms with Gasteiger partial charge >= 0.3 is 0 Å². The molecule has 7 nitrogen and oxygen atoms in total. The maximum Gasteiger partial charge on any atom is 0.246 e. The molecule has 0 bridgehead atoms. The number of amides is 1. The molecule has 2 aromatic carbocycles. The molecule has 31 heavy (non-hydrogen) atoms. The second kappa shape index (κ2) is 9.70. The molecule has 0 aromatic heterocycles. The summed E-state index contributed by atoms with van der Waals surface area (Å²) < 4.78 is 25.7. The number of carbonyl (C=O) groups excluding carboxylic acids is 1. The number of rotatable bonds is 7. The maximum absolute atomic E-state index is 12.6. The van der Waals surface area contributed by atoms with E-state index in [2.05, 4.69) is 34.6 Å². The van der Waals surface area contributed by atoms with E-state index in [1.165, 1.54) is 44.8 Å². The van der Waals surface area contributed by atoms with Crippen LogP contribution in [0.1, 0.15) is 26.7 Å². The topological polar surface area (TPSA) is 81.8 Å². The molecule has 0 spiro atoms. The third-order valence-corrected chi connectivity index (χ3v) is 7.48. The Kier molecular flexibility index (Phi) is 7.23. The van der Waals surface area contributed by atoms with Crippen LogP contribution in [0.25, 0.3) is 0 Å². The zero-order valence-corrected chi connectivity index (χ0v) is 19.4. The van der Waals surface area contributed by atoms with E-state index < -0.39 is 16.1 Å². The summed E-state index contributed by atoms with van der Waals surface area (Å²) in [4.78, 5) is 15.2. The first-order chi connectivity index (χ1) is 14.7. The minimum absolute atomic E-state index is 0.138. The molecular formula is C23H32N4O3S. The van der Waals surface area contributed by atoms with Gasteiger partial charge in [-0.25, -0.2) is 12.7 Å². The van der Waals surface area contributed by atoms with Crippen molar-refractivity contribution in [3.8, 4) is 0 Å². The number of carbonyl (C=O) groups is 1. The molecule has 0 aliphatic carbocycles. The summed E-state index contributed by atoms with van der Waals surface area (Å²) in [6, 6.07) is 13.9. The maximum atomic E-state index is 12.6. The summed E-state index contributed by atoms with van der Waals surface area (Å²) in [5.41, 5.74) is 2.51. The van der Waals surface area contributed by atoms with Crippen molar-refractivity contribution in [2.75, 3.05) is 42.7 Å². The smallest absolute Gasteiger partial charge is 0.246 e. The van der Waals surface area contributed by atoms with Gasteiger partial charge in [-0.3, -0.25) is 4.79 Å². The highest BCUT2D eigenvalue weighted by Crippen LogP contribution is 2.24. The average molecular weight is 445 g/mol. The molecule has 1 amide bonds. The van der Waals surface area contributed by atoms with Gasteiger partial charge in [0.05, 0.1) is 4.90 Å². The monoisotopic (exact) mass is 444 g/mol.